The second-order valence-corrected chi connectivity index (χ2v) is 12.8. The maximum atomic E-state index is 6.55. The van der Waals surface area contributed by atoms with Gasteiger partial charge in [-0.15, -0.1) is 6.58 Å². The van der Waals surface area contributed by atoms with Crippen molar-refractivity contribution in [3.8, 4) is 5.75 Å². The van der Waals surface area contributed by atoms with Crippen LogP contribution in [-0.2, 0) is 13.9 Å². The Kier molecular flexibility index (Phi) is 6.49. The highest BCUT2D eigenvalue weighted by molar-refractivity contribution is 6.74. The van der Waals surface area contributed by atoms with Crippen molar-refractivity contribution in [2.75, 3.05) is 13.7 Å². The van der Waals surface area contributed by atoms with Gasteiger partial charge in [0.25, 0.3) is 0 Å². The lowest BCUT2D eigenvalue weighted by molar-refractivity contribution is -0.252. The third-order valence-corrected chi connectivity index (χ3v) is 9.67. The van der Waals surface area contributed by atoms with Crippen molar-refractivity contribution in [1.82, 2.24) is 0 Å². The van der Waals surface area contributed by atoms with Crippen molar-refractivity contribution < 1.29 is 18.6 Å². The molecule has 0 bridgehead atoms. The van der Waals surface area contributed by atoms with Crippen molar-refractivity contribution in [3.05, 3.63) is 42.5 Å². The Morgan fingerprint density at radius 2 is 1.88 bits per heavy atom. The standard InChI is InChI=1S/C20H32O4Si/c1-8-9-17-18(24-25(6,7)20(2,3)4)14-22-19(23-17)15-10-12-16(21-5)13-11-15/h8,10-13,17-19H,1,9,14H2,2-7H3/t17-,18-,19+/m1/s1. The summed E-state index contributed by atoms with van der Waals surface area (Å²) in [4.78, 5) is 0. The Morgan fingerprint density at radius 3 is 2.40 bits per heavy atom. The number of ether oxygens (including phenoxy) is 3. The Hall–Kier alpha value is -1.14. The van der Waals surface area contributed by atoms with E-state index in [0.717, 1.165) is 17.7 Å². The summed E-state index contributed by atoms with van der Waals surface area (Å²) in [6.07, 6.45) is 2.15. The van der Waals surface area contributed by atoms with Crippen molar-refractivity contribution in [2.45, 2.75) is 63.8 Å². The van der Waals surface area contributed by atoms with Crippen LogP contribution in [0.4, 0.5) is 0 Å². The molecule has 0 aromatic heterocycles. The molecule has 0 unspecified atom stereocenters. The van der Waals surface area contributed by atoms with Gasteiger partial charge in [-0.3, -0.25) is 0 Å². The van der Waals surface area contributed by atoms with E-state index in [1.165, 1.54) is 0 Å². The molecule has 3 atom stereocenters. The van der Waals surface area contributed by atoms with Crippen LogP contribution >= 0.6 is 0 Å². The summed E-state index contributed by atoms with van der Waals surface area (Å²) >= 11 is 0. The molecule has 1 aliphatic heterocycles. The molecule has 0 amide bonds. The first-order chi connectivity index (χ1) is 11.7. The first-order valence-electron chi connectivity index (χ1n) is 8.87. The maximum absolute atomic E-state index is 6.55. The Labute approximate surface area is 153 Å². The fraction of sp³-hybridized carbons (Fsp3) is 0.600. The van der Waals surface area contributed by atoms with Gasteiger partial charge in [0, 0.05) is 5.56 Å². The largest absolute Gasteiger partial charge is 0.497 e. The van der Waals surface area contributed by atoms with Gasteiger partial charge in [0.1, 0.15) is 5.75 Å². The van der Waals surface area contributed by atoms with Gasteiger partial charge in [0.2, 0.25) is 0 Å². The van der Waals surface area contributed by atoms with Crippen molar-refractivity contribution in [2.24, 2.45) is 0 Å². The van der Waals surface area contributed by atoms with Crippen LogP contribution in [0.25, 0.3) is 0 Å². The maximum Gasteiger partial charge on any atom is 0.192 e. The second kappa shape index (κ2) is 8.04. The summed E-state index contributed by atoms with van der Waals surface area (Å²) in [7, 11) is -0.229. The normalized spacial score (nSPS) is 24.8. The summed E-state index contributed by atoms with van der Waals surface area (Å²) < 4.78 is 24.0. The average molecular weight is 365 g/mol. The lowest BCUT2D eigenvalue weighted by Gasteiger charge is -2.44. The molecule has 4 nitrogen and oxygen atoms in total. The third-order valence-electron chi connectivity index (χ3n) is 5.16. The predicted molar refractivity (Wildman–Crippen MR) is 103 cm³/mol. The molecule has 0 aliphatic carbocycles. The van der Waals surface area contributed by atoms with Gasteiger partial charge in [-0.1, -0.05) is 39.0 Å². The Balaban J connectivity index is 2.10. The van der Waals surface area contributed by atoms with E-state index in [0.29, 0.717) is 6.61 Å². The molecule has 0 radical (unpaired) electrons. The van der Waals surface area contributed by atoms with Crippen molar-refractivity contribution in [1.29, 1.82) is 0 Å². The zero-order chi connectivity index (χ0) is 18.7. The van der Waals surface area contributed by atoms with Gasteiger partial charge in [-0.05, 0) is 36.7 Å². The van der Waals surface area contributed by atoms with Crippen LogP contribution in [-0.4, -0.2) is 34.2 Å². The minimum absolute atomic E-state index is 0.0486. The summed E-state index contributed by atoms with van der Waals surface area (Å²) in [5.41, 5.74) is 0.987. The van der Waals surface area contributed by atoms with E-state index in [1.807, 2.05) is 30.3 Å². The molecule has 1 heterocycles. The summed E-state index contributed by atoms with van der Waals surface area (Å²) in [6.45, 7) is 15.6. The second-order valence-electron chi connectivity index (χ2n) is 8.05. The van der Waals surface area contributed by atoms with Gasteiger partial charge in [0.05, 0.1) is 25.9 Å². The first-order valence-corrected chi connectivity index (χ1v) is 11.8. The highest BCUT2D eigenvalue weighted by Crippen LogP contribution is 2.39. The van der Waals surface area contributed by atoms with E-state index in [9.17, 15) is 0 Å². The minimum atomic E-state index is -1.89. The predicted octanol–water partition coefficient (Wildman–Crippen LogP) is 5.08. The molecule has 25 heavy (non-hydrogen) atoms. The van der Waals surface area contributed by atoms with E-state index in [2.05, 4.69) is 40.4 Å². The van der Waals surface area contributed by atoms with E-state index in [-0.39, 0.29) is 23.5 Å². The highest BCUT2D eigenvalue weighted by Gasteiger charge is 2.43. The Morgan fingerprint density at radius 1 is 1.24 bits per heavy atom. The van der Waals surface area contributed by atoms with Crippen molar-refractivity contribution >= 4 is 8.32 Å². The zero-order valence-electron chi connectivity index (χ0n) is 16.4. The van der Waals surface area contributed by atoms with Crippen LogP contribution in [0.5, 0.6) is 5.75 Å². The number of hydrogen-bond donors (Lipinski definition) is 0. The summed E-state index contributed by atoms with van der Waals surface area (Å²) in [6, 6.07) is 7.79. The zero-order valence-corrected chi connectivity index (χ0v) is 17.4. The molecule has 0 spiro atoms. The van der Waals surface area contributed by atoms with E-state index in [4.69, 9.17) is 18.6 Å². The van der Waals surface area contributed by atoms with Gasteiger partial charge < -0.3 is 18.6 Å². The molecule has 1 aliphatic rings. The monoisotopic (exact) mass is 364 g/mol. The minimum Gasteiger partial charge on any atom is -0.497 e. The molecule has 0 saturated carbocycles. The van der Waals surface area contributed by atoms with E-state index in [1.54, 1.807) is 7.11 Å². The molecule has 140 valence electrons. The van der Waals surface area contributed by atoms with Crippen molar-refractivity contribution in [3.63, 3.8) is 0 Å². The SMILES string of the molecule is C=CC[C@H]1O[C@@H](c2ccc(OC)cc2)OC[C@H]1O[Si](C)(C)C(C)(C)C. The van der Waals surface area contributed by atoms with Gasteiger partial charge in [-0.25, -0.2) is 0 Å². The molecular weight excluding hydrogens is 332 g/mol. The van der Waals surface area contributed by atoms with Crippen LogP contribution in [0.3, 0.4) is 0 Å². The molecule has 1 aromatic rings. The Bertz CT molecular complexity index is 562. The molecule has 0 N–H and O–H groups in total. The molecule has 1 aromatic carbocycles. The topological polar surface area (TPSA) is 36.9 Å². The van der Waals surface area contributed by atoms with Gasteiger partial charge >= 0.3 is 0 Å². The van der Waals surface area contributed by atoms with Gasteiger partial charge in [-0.2, -0.15) is 0 Å². The van der Waals surface area contributed by atoms with E-state index >= 15 is 0 Å². The lowest BCUT2D eigenvalue weighted by Crippen LogP contribution is -2.51. The summed E-state index contributed by atoms with van der Waals surface area (Å²) in [5.74, 6) is 0.821. The average Bonchev–Trinajstić information content (AvgIpc) is 2.55. The molecule has 5 heteroatoms. The number of hydrogen-bond acceptors (Lipinski definition) is 4. The van der Waals surface area contributed by atoms with Crippen LogP contribution in [0.2, 0.25) is 18.1 Å². The number of methoxy groups -OCH3 is 1. The van der Waals surface area contributed by atoms with E-state index < -0.39 is 8.32 Å². The molecule has 1 fully saturated rings. The fourth-order valence-electron chi connectivity index (χ4n) is 2.55. The van der Waals surface area contributed by atoms with Crippen LogP contribution < -0.4 is 4.74 Å². The summed E-state index contributed by atoms with van der Waals surface area (Å²) in [5, 5.41) is 0.151. The third kappa shape index (κ3) is 4.94. The van der Waals surface area contributed by atoms with Crippen LogP contribution in [0.1, 0.15) is 39.0 Å². The van der Waals surface area contributed by atoms with Gasteiger partial charge in [0.15, 0.2) is 14.6 Å². The quantitative estimate of drug-likeness (QED) is 0.521. The van der Waals surface area contributed by atoms with Crippen LogP contribution in [0, 0.1) is 0 Å². The molecular formula is C20H32O4Si. The smallest absolute Gasteiger partial charge is 0.192 e. The number of rotatable bonds is 6. The molecule has 1 saturated heterocycles. The first kappa shape index (κ1) is 20.2. The highest BCUT2D eigenvalue weighted by atomic mass is 28.4. The fourth-order valence-corrected chi connectivity index (χ4v) is 3.88. The molecule has 2 rings (SSSR count). The van der Waals surface area contributed by atoms with Crippen LogP contribution in [0.15, 0.2) is 36.9 Å². The number of benzene rings is 1. The lowest BCUT2D eigenvalue weighted by atomic mass is 10.1.